The number of nitrogens with one attached hydrogen (secondary N) is 2. The van der Waals surface area contributed by atoms with E-state index in [-0.39, 0.29) is 11.4 Å². The molecule has 1 atom stereocenters. The molecule has 0 aliphatic rings. The fourth-order valence-electron chi connectivity index (χ4n) is 2.63. The predicted molar refractivity (Wildman–Crippen MR) is 111 cm³/mol. The Kier molecular flexibility index (Phi) is 6.32. The minimum atomic E-state index is -3.68. The van der Waals surface area contributed by atoms with Crippen molar-refractivity contribution in [2.75, 3.05) is 16.3 Å². The van der Waals surface area contributed by atoms with Gasteiger partial charge >= 0.3 is 0 Å². The van der Waals surface area contributed by atoms with Crippen LogP contribution in [0.2, 0.25) is 5.02 Å². The van der Waals surface area contributed by atoms with Crippen LogP contribution in [-0.4, -0.2) is 40.8 Å². The number of nitrogens with zero attached hydrogens (tertiary/aromatic N) is 4. The molecule has 3 aromatic rings. The molecule has 2 aromatic carbocycles. The maximum atomic E-state index is 13.8. The molecular weight excluding hydrogens is 435 g/mol. The molecule has 0 fully saturated rings. The second-order valence-electron chi connectivity index (χ2n) is 6.42. The zero-order valence-corrected chi connectivity index (χ0v) is 17.6. The van der Waals surface area contributed by atoms with Gasteiger partial charge in [-0.1, -0.05) is 18.5 Å². The number of hydrogen-bond donors (Lipinski definition) is 2. The molecule has 0 saturated heterocycles. The molecule has 0 saturated carbocycles. The standard InChI is InChI=1S/C18H18ClFN6O3S/c1-3-16(26-23-17(22-25-26)11-4-6-12(19)7-5-11)18(27)21-13-8-9-14(20)15(10-13)24-30(2,28)29/h4-10,16,24H,3H2,1-2H3,(H,21,27). The molecule has 3 rings (SSSR count). The van der Waals surface area contributed by atoms with E-state index in [9.17, 15) is 17.6 Å². The van der Waals surface area contributed by atoms with Crippen molar-refractivity contribution >= 4 is 38.9 Å². The summed E-state index contributed by atoms with van der Waals surface area (Å²) >= 11 is 5.88. The van der Waals surface area contributed by atoms with E-state index in [1.54, 1.807) is 31.2 Å². The molecule has 1 heterocycles. The van der Waals surface area contributed by atoms with Gasteiger partial charge < -0.3 is 5.32 Å². The first-order valence-corrected chi connectivity index (χ1v) is 11.1. The largest absolute Gasteiger partial charge is 0.324 e. The molecule has 0 bridgehead atoms. The minimum absolute atomic E-state index is 0.212. The number of aromatic nitrogens is 4. The average molecular weight is 453 g/mol. The number of carbonyl (C=O) groups excluding carboxylic acids is 1. The molecule has 0 radical (unpaired) electrons. The van der Waals surface area contributed by atoms with Crippen molar-refractivity contribution < 1.29 is 17.6 Å². The molecule has 158 valence electrons. The van der Waals surface area contributed by atoms with E-state index in [4.69, 9.17) is 11.6 Å². The van der Waals surface area contributed by atoms with Crippen molar-refractivity contribution in [3.63, 3.8) is 0 Å². The van der Waals surface area contributed by atoms with Gasteiger partial charge in [0.15, 0.2) is 6.04 Å². The lowest BCUT2D eigenvalue weighted by Gasteiger charge is -2.14. The van der Waals surface area contributed by atoms with Crippen LogP contribution in [0.5, 0.6) is 0 Å². The van der Waals surface area contributed by atoms with E-state index >= 15 is 0 Å². The summed E-state index contributed by atoms with van der Waals surface area (Å²) in [6.07, 6.45) is 1.26. The van der Waals surface area contributed by atoms with Gasteiger partial charge in [0.2, 0.25) is 15.8 Å². The molecular formula is C18H18ClFN6O3S. The monoisotopic (exact) mass is 452 g/mol. The van der Waals surface area contributed by atoms with Crippen LogP contribution in [0.15, 0.2) is 42.5 Å². The summed E-state index contributed by atoms with van der Waals surface area (Å²) in [5, 5.41) is 15.4. The van der Waals surface area contributed by atoms with Gasteiger partial charge in [-0.2, -0.15) is 4.80 Å². The first-order chi connectivity index (χ1) is 14.2. The maximum Gasteiger partial charge on any atom is 0.251 e. The van der Waals surface area contributed by atoms with Crippen molar-refractivity contribution in [2.24, 2.45) is 0 Å². The van der Waals surface area contributed by atoms with E-state index in [0.29, 0.717) is 22.8 Å². The van der Waals surface area contributed by atoms with Crippen LogP contribution in [0.4, 0.5) is 15.8 Å². The van der Waals surface area contributed by atoms with Gasteiger partial charge in [0.1, 0.15) is 5.82 Å². The Hall–Kier alpha value is -3.05. The Morgan fingerprint density at radius 2 is 1.93 bits per heavy atom. The lowest BCUT2D eigenvalue weighted by atomic mass is 10.2. The topological polar surface area (TPSA) is 119 Å². The molecule has 2 N–H and O–H groups in total. The Morgan fingerprint density at radius 1 is 1.23 bits per heavy atom. The number of sulfonamides is 1. The zero-order valence-electron chi connectivity index (χ0n) is 16.0. The van der Waals surface area contributed by atoms with Crippen molar-refractivity contribution in [1.82, 2.24) is 20.2 Å². The summed E-state index contributed by atoms with van der Waals surface area (Å²) in [6, 6.07) is 9.64. The second kappa shape index (κ2) is 8.76. The number of halogens is 2. The van der Waals surface area contributed by atoms with Crippen LogP contribution in [0.1, 0.15) is 19.4 Å². The molecule has 1 unspecified atom stereocenters. The molecule has 0 aliphatic carbocycles. The molecule has 30 heavy (non-hydrogen) atoms. The van der Waals surface area contributed by atoms with Gasteiger partial charge in [0, 0.05) is 16.3 Å². The summed E-state index contributed by atoms with van der Waals surface area (Å²) in [7, 11) is -3.68. The number of amides is 1. The SMILES string of the molecule is CCC(C(=O)Nc1ccc(F)c(NS(C)(=O)=O)c1)n1nnc(-c2ccc(Cl)cc2)n1. The van der Waals surface area contributed by atoms with Gasteiger partial charge in [-0.15, -0.1) is 10.2 Å². The predicted octanol–water partition coefficient (Wildman–Crippen LogP) is 3.09. The van der Waals surface area contributed by atoms with E-state index in [1.807, 2.05) is 0 Å². The molecule has 0 spiro atoms. The highest BCUT2D eigenvalue weighted by Gasteiger charge is 2.22. The van der Waals surface area contributed by atoms with E-state index in [2.05, 4.69) is 25.4 Å². The lowest BCUT2D eigenvalue weighted by molar-refractivity contribution is -0.119. The van der Waals surface area contributed by atoms with Gasteiger partial charge in [-0.25, -0.2) is 12.8 Å². The fraction of sp³-hybridized carbons (Fsp3) is 0.222. The Balaban J connectivity index is 1.79. The molecule has 1 aromatic heterocycles. The summed E-state index contributed by atoms with van der Waals surface area (Å²) in [5.41, 5.74) is 0.632. The van der Waals surface area contributed by atoms with Gasteiger partial charge in [-0.3, -0.25) is 9.52 Å². The van der Waals surface area contributed by atoms with Gasteiger partial charge in [0.05, 0.1) is 11.9 Å². The van der Waals surface area contributed by atoms with Crippen molar-refractivity contribution in [1.29, 1.82) is 0 Å². The van der Waals surface area contributed by atoms with Crippen LogP contribution >= 0.6 is 11.6 Å². The maximum absolute atomic E-state index is 13.8. The third-order valence-corrected chi connectivity index (χ3v) is 4.87. The van der Waals surface area contributed by atoms with Crippen LogP contribution in [0, 0.1) is 5.82 Å². The van der Waals surface area contributed by atoms with Gasteiger partial charge in [-0.05, 0) is 54.1 Å². The van der Waals surface area contributed by atoms with Crippen molar-refractivity contribution in [3.8, 4) is 11.4 Å². The smallest absolute Gasteiger partial charge is 0.251 e. The highest BCUT2D eigenvalue weighted by atomic mass is 35.5. The highest BCUT2D eigenvalue weighted by molar-refractivity contribution is 7.92. The number of anilines is 2. The number of benzene rings is 2. The first kappa shape index (κ1) is 21.7. The van der Waals surface area contributed by atoms with Crippen LogP contribution in [0.25, 0.3) is 11.4 Å². The van der Waals surface area contributed by atoms with Crippen molar-refractivity contribution in [2.45, 2.75) is 19.4 Å². The third-order valence-electron chi connectivity index (χ3n) is 4.03. The minimum Gasteiger partial charge on any atom is -0.324 e. The summed E-state index contributed by atoms with van der Waals surface area (Å²) in [5.74, 6) is -0.898. The van der Waals surface area contributed by atoms with E-state index in [1.165, 1.54) is 16.9 Å². The zero-order chi connectivity index (χ0) is 21.9. The quantitative estimate of drug-likeness (QED) is 0.568. The molecule has 0 aliphatic heterocycles. The lowest BCUT2D eigenvalue weighted by Crippen LogP contribution is -2.27. The third kappa shape index (κ3) is 5.30. The fourth-order valence-corrected chi connectivity index (χ4v) is 3.31. The number of tetrazole rings is 1. The van der Waals surface area contributed by atoms with Crippen LogP contribution < -0.4 is 10.0 Å². The Bertz CT molecular complexity index is 1170. The van der Waals surface area contributed by atoms with Crippen LogP contribution in [-0.2, 0) is 14.8 Å². The summed E-state index contributed by atoms with van der Waals surface area (Å²) in [6.45, 7) is 1.77. The highest BCUT2D eigenvalue weighted by Crippen LogP contribution is 2.23. The summed E-state index contributed by atoms with van der Waals surface area (Å²) < 4.78 is 38.6. The molecule has 1 amide bonds. The van der Waals surface area contributed by atoms with Crippen LogP contribution in [0.3, 0.4) is 0 Å². The summed E-state index contributed by atoms with van der Waals surface area (Å²) in [4.78, 5) is 13.9. The number of hydrogen-bond acceptors (Lipinski definition) is 6. The van der Waals surface area contributed by atoms with E-state index < -0.39 is 27.8 Å². The van der Waals surface area contributed by atoms with Gasteiger partial charge in [0.25, 0.3) is 5.91 Å². The Morgan fingerprint density at radius 3 is 2.57 bits per heavy atom. The average Bonchev–Trinajstić information content (AvgIpc) is 3.14. The molecule has 12 heteroatoms. The van der Waals surface area contributed by atoms with E-state index in [0.717, 1.165) is 12.3 Å². The number of carbonyl (C=O) groups is 1. The first-order valence-electron chi connectivity index (χ1n) is 8.80. The van der Waals surface area contributed by atoms with Crippen molar-refractivity contribution in [3.05, 3.63) is 53.3 Å². The second-order valence-corrected chi connectivity index (χ2v) is 8.61. The Labute approximate surface area is 177 Å². The normalized spacial score (nSPS) is 12.4. The molecule has 9 nitrogen and oxygen atoms in total. The number of rotatable bonds is 7.